The molecule has 1 fully saturated rings. The average Bonchev–Trinajstić information content (AvgIpc) is 2.38. The quantitative estimate of drug-likeness (QED) is 0.663. The van der Waals surface area contributed by atoms with Crippen LogP contribution >= 0.6 is 0 Å². The standard InChI is InChI=1S/C11H18O6/c1-14-9(12)7-8(11(13)15-2)17-10-5-3-4-6-16-10/h8,10H,3-7H2,1-2H3. The van der Waals surface area contributed by atoms with Crippen LogP contribution in [-0.2, 0) is 28.5 Å². The van der Waals surface area contributed by atoms with Gasteiger partial charge in [0.15, 0.2) is 12.4 Å². The maximum absolute atomic E-state index is 11.4. The normalized spacial score (nSPS) is 21.6. The maximum Gasteiger partial charge on any atom is 0.335 e. The second-order valence-electron chi connectivity index (χ2n) is 3.72. The number of rotatable bonds is 5. The van der Waals surface area contributed by atoms with Gasteiger partial charge in [-0.3, -0.25) is 4.79 Å². The smallest absolute Gasteiger partial charge is 0.335 e. The van der Waals surface area contributed by atoms with Crippen LogP contribution in [0.4, 0.5) is 0 Å². The van der Waals surface area contributed by atoms with Crippen molar-refractivity contribution in [2.75, 3.05) is 20.8 Å². The first-order valence-corrected chi connectivity index (χ1v) is 5.59. The second-order valence-corrected chi connectivity index (χ2v) is 3.72. The monoisotopic (exact) mass is 246 g/mol. The summed E-state index contributed by atoms with van der Waals surface area (Å²) >= 11 is 0. The van der Waals surface area contributed by atoms with E-state index in [1.165, 1.54) is 14.2 Å². The van der Waals surface area contributed by atoms with Crippen molar-refractivity contribution >= 4 is 11.9 Å². The van der Waals surface area contributed by atoms with Gasteiger partial charge in [0, 0.05) is 6.61 Å². The van der Waals surface area contributed by atoms with E-state index in [4.69, 9.17) is 9.47 Å². The molecule has 1 rings (SSSR count). The van der Waals surface area contributed by atoms with E-state index in [1.54, 1.807) is 0 Å². The molecule has 6 nitrogen and oxygen atoms in total. The predicted octanol–water partition coefficient (Wildman–Crippen LogP) is 0.634. The molecule has 98 valence electrons. The molecule has 0 aliphatic carbocycles. The van der Waals surface area contributed by atoms with Crippen molar-refractivity contribution in [3.63, 3.8) is 0 Å². The fourth-order valence-electron chi connectivity index (χ4n) is 1.55. The summed E-state index contributed by atoms with van der Waals surface area (Å²) in [6.07, 6.45) is 1.11. The van der Waals surface area contributed by atoms with Crippen molar-refractivity contribution in [2.24, 2.45) is 0 Å². The van der Waals surface area contributed by atoms with Crippen LogP contribution in [0.2, 0.25) is 0 Å². The van der Waals surface area contributed by atoms with Gasteiger partial charge in [-0.2, -0.15) is 0 Å². The van der Waals surface area contributed by atoms with Gasteiger partial charge in [-0.25, -0.2) is 4.79 Å². The van der Waals surface area contributed by atoms with Crippen molar-refractivity contribution < 1.29 is 28.5 Å². The Balaban J connectivity index is 2.49. The Labute approximate surface area is 100 Å². The molecule has 0 spiro atoms. The summed E-state index contributed by atoms with van der Waals surface area (Å²) in [5.74, 6) is -1.11. The van der Waals surface area contributed by atoms with Crippen molar-refractivity contribution in [1.82, 2.24) is 0 Å². The summed E-state index contributed by atoms with van der Waals surface area (Å²) in [4.78, 5) is 22.6. The van der Waals surface area contributed by atoms with Gasteiger partial charge < -0.3 is 18.9 Å². The Hall–Kier alpha value is -1.14. The summed E-state index contributed by atoms with van der Waals surface area (Å²) in [6, 6.07) is 0. The lowest BCUT2D eigenvalue weighted by atomic mass is 10.2. The highest BCUT2D eigenvalue weighted by molar-refractivity contribution is 5.81. The molecule has 1 heterocycles. The van der Waals surface area contributed by atoms with Gasteiger partial charge in [0.2, 0.25) is 0 Å². The number of ether oxygens (including phenoxy) is 4. The van der Waals surface area contributed by atoms with Crippen molar-refractivity contribution in [1.29, 1.82) is 0 Å². The van der Waals surface area contributed by atoms with E-state index in [2.05, 4.69) is 9.47 Å². The van der Waals surface area contributed by atoms with E-state index < -0.39 is 24.3 Å². The Bertz CT molecular complexity index is 259. The predicted molar refractivity (Wildman–Crippen MR) is 57.1 cm³/mol. The van der Waals surface area contributed by atoms with Crippen LogP contribution in [0.5, 0.6) is 0 Å². The molecule has 0 saturated carbocycles. The molecular weight excluding hydrogens is 228 g/mol. The highest BCUT2D eigenvalue weighted by Gasteiger charge is 2.28. The fraction of sp³-hybridized carbons (Fsp3) is 0.818. The summed E-state index contributed by atoms with van der Waals surface area (Å²) in [6.45, 7) is 0.608. The highest BCUT2D eigenvalue weighted by Crippen LogP contribution is 2.17. The summed E-state index contributed by atoms with van der Waals surface area (Å²) < 4.78 is 19.8. The molecule has 1 saturated heterocycles. The molecule has 0 radical (unpaired) electrons. The number of hydrogen-bond donors (Lipinski definition) is 0. The zero-order chi connectivity index (χ0) is 12.7. The van der Waals surface area contributed by atoms with E-state index >= 15 is 0 Å². The second kappa shape index (κ2) is 7.24. The molecule has 6 heteroatoms. The third-order valence-corrected chi connectivity index (χ3v) is 2.50. The highest BCUT2D eigenvalue weighted by atomic mass is 16.7. The molecule has 2 atom stereocenters. The van der Waals surface area contributed by atoms with E-state index in [9.17, 15) is 9.59 Å². The number of carbonyl (C=O) groups excluding carboxylic acids is 2. The van der Waals surface area contributed by atoms with Crippen LogP contribution < -0.4 is 0 Å². The summed E-state index contributed by atoms with van der Waals surface area (Å²) in [5.41, 5.74) is 0. The third kappa shape index (κ3) is 4.70. The minimum Gasteiger partial charge on any atom is -0.469 e. The first kappa shape index (κ1) is 13.9. The number of carbonyl (C=O) groups is 2. The zero-order valence-corrected chi connectivity index (χ0v) is 10.1. The molecular formula is C11H18O6. The Morgan fingerprint density at radius 2 is 2.06 bits per heavy atom. The lowest BCUT2D eigenvalue weighted by Crippen LogP contribution is -2.35. The van der Waals surface area contributed by atoms with E-state index in [0.717, 1.165) is 12.8 Å². The SMILES string of the molecule is COC(=O)CC(OC1CCCCO1)C(=O)OC. The van der Waals surface area contributed by atoms with E-state index in [1.807, 2.05) is 0 Å². The largest absolute Gasteiger partial charge is 0.469 e. The van der Waals surface area contributed by atoms with Crippen LogP contribution in [0, 0.1) is 0 Å². The molecule has 17 heavy (non-hydrogen) atoms. The maximum atomic E-state index is 11.4. The molecule has 0 N–H and O–H groups in total. The molecule has 1 aliphatic rings. The van der Waals surface area contributed by atoms with Gasteiger partial charge in [0.25, 0.3) is 0 Å². The summed E-state index contributed by atoms with van der Waals surface area (Å²) in [5, 5.41) is 0. The van der Waals surface area contributed by atoms with Crippen LogP contribution in [0.1, 0.15) is 25.7 Å². The van der Waals surface area contributed by atoms with Crippen LogP contribution in [0.25, 0.3) is 0 Å². The lowest BCUT2D eigenvalue weighted by molar-refractivity contribution is -0.205. The van der Waals surface area contributed by atoms with Crippen LogP contribution in [0.3, 0.4) is 0 Å². The van der Waals surface area contributed by atoms with Crippen molar-refractivity contribution in [3.05, 3.63) is 0 Å². The Morgan fingerprint density at radius 1 is 1.29 bits per heavy atom. The number of hydrogen-bond acceptors (Lipinski definition) is 6. The van der Waals surface area contributed by atoms with Crippen LogP contribution in [0.15, 0.2) is 0 Å². The average molecular weight is 246 g/mol. The zero-order valence-electron chi connectivity index (χ0n) is 10.1. The molecule has 2 unspecified atom stereocenters. The van der Waals surface area contributed by atoms with Gasteiger partial charge in [0.05, 0.1) is 20.6 Å². The Morgan fingerprint density at radius 3 is 2.59 bits per heavy atom. The minimum absolute atomic E-state index is 0.164. The minimum atomic E-state index is -0.962. The molecule has 1 aliphatic heterocycles. The van der Waals surface area contributed by atoms with Gasteiger partial charge in [-0.05, 0) is 19.3 Å². The molecule has 0 aromatic heterocycles. The first-order chi connectivity index (χ1) is 8.17. The topological polar surface area (TPSA) is 71.1 Å². The molecule has 0 aromatic rings. The van der Waals surface area contributed by atoms with Gasteiger partial charge >= 0.3 is 11.9 Å². The number of esters is 2. The fourth-order valence-corrected chi connectivity index (χ4v) is 1.55. The van der Waals surface area contributed by atoms with Gasteiger partial charge in [-0.1, -0.05) is 0 Å². The third-order valence-electron chi connectivity index (χ3n) is 2.50. The molecule has 0 amide bonds. The summed E-state index contributed by atoms with van der Waals surface area (Å²) in [7, 11) is 2.51. The van der Waals surface area contributed by atoms with Crippen LogP contribution in [-0.4, -0.2) is 45.2 Å². The van der Waals surface area contributed by atoms with Gasteiger partial charge in [-0.15, -0.1) is 0 Å². The van der Waals surface area contributed by atoms with E-state index in [0.29, 0.717) is 13.0 Å². The van der Waals surface area contributed by atoms with Crippen molar-refractivity contribution in [3.8, 4) is 0 Å². The lowest BCUT2D eigenvalue weighted by Gasteiger charge is -2.26. The van der Waals surface area contributed by atoms with Crippen molar-refractivity contribution in [2.45, 2.75) is 38.1 Å². The molecule has 0 bridgehead atoms. The molecule has 0 aromatic carbocycles. The number of methoxy groups -OCH3 is 2. The Kier molecular flexibility index (Phi) is 5.93. The van der Waals surface area contributed by atoms with E-state index in [-0.39, 0.29) is 6.42 Å². The van der Waals surface area contributed by atoms with Gasteiger partial charge in [0.1, 0.15) is 0 Å². The first-order valence-electron chi connectivity index (χ1n) is 5.59.